The van der Waals surface area contributed by atoms with Gasteiger partial charge in [0.2, 0.25) is 0 Å². The van der Waals surface area contributed by atoms with Crippen LogP contribution < -0.4 is 5.73 Å². The monoisotopic (exact) mass is 137 g/mol. The van der Waals surface area contributed by atoms with Crippen molar-refractivity contribution in [3.8, 4) is 0 Å². The van der Waals surface area contributed by atoms with Gasteiger partial charge < -0.3 is 5.73 Å². The van der Waals surface area contributed by atoms with Gasteiger partial charge in [0.05, 0.1) is 0 Å². The van der Waals surface area contributed by atoms with E-state index in [0.29, 0.717) is 0 Å². The predicted molar refractivity (Wildman–Crippen MR) is 18.6 cm³/mol. The van der Waals surface area contributed by atoms with Gasteiger partial charge in [-0.05, 0) is 5.21 Å². The summed E-state index contributed by atoms with van der Waals surface area (Å²) in [5.74, 6) is 0.176. The fraction of sp³-hybridized carbons (Fsp3) is 0. The molecule has 0 aliphatic heterocycles. The second-order valence-electron chi connectivity index (χ2n) is 0.770. The van der Waals surface area contributed by atoms with Gasteiger partial charge in [0.1, 0.15) is 0 Å². The summed E-state index contributed by atoms with van der Waals surface area (Å²) in [5, 5.41) is 12.0. The molecule has 0 fully saturated rings. The van der Waals surface area contributed by atoms with Crippen LogP contribution in [0.25, 0.3) is 0 Å². The average molecular weight is 137 g/mol. The van der Waals surface area contributed by atoms with E-state index < -0.39 is 0 Å². The standard InChI is InChI=1S/CH3N5.Cr/c2-1-3-5-6-4-1;/h(H3,2,3,4,5,6);/q;+2. The molecule has 0 aliphatic carbocycles. The summed E-state index contributed by atoms with van der Waals surface area (Å²) in [6.07, 6.45) is 0. The van der Waals surface area contributed by atoms with Gasteiger partial charge in [-0.2, -0.15) is 5.21 Å². The van der Waals surface area contributed by atoms with E-state index in [4.69, 9.17) is 5.73 Å². The first-order valence-electron chi connectivity index (χ1n) is 1.38. The Balaban J connectivity index is 0.000000360. The van der Waals surface area contributed by atoms with E-state index in [1.807, 2.05) is 0 Å². The maximum atomic E-state index is 4.96. The van der Waals surface area contributed by atoms with Gasteiger partial charge in [0.15, 0.2) is 0 Å². The number of nitrogens with zero attached hydrogens (tertiary/aromatic N) is 3. The predicted octanol–water partition coefficient (Wildman–Crippen LogP) is -1.22. The van der Waals surface area contributed by atoms with E-state index >= 15 is 0 Å². The number of hydrogen-bond donors (Lipinski definition) is 2. The van der Waals surface area contributed by atoms with Gasteiger partial charge in [-0.3, -0.25) is 0 Å². The molecule has 1 rings (SSSR count). The smallest absolute Gasteiger partial charge is 0.365 e. The van der Waals surface area contributed by atoms with E-state index in [2.05, 4.69) is 20.6 Å². The molecule has 0 radical (unpaired) electrons. The van der Waals surface area contributed by atoms with E-state index in [-0.39, 0.29) is 23.3 Å². The van der Waals surface area contributed by atoms with Crippen molar-refractivity contribution in [3.05, 3.63) is 0 Å². The quantitative estimate of drug-likeness (QED) is 0.469. The molecule has 1 heterocycles. The molecule has 36 valence electrons. The molecule has 1 aromatic heterocycles. The van der Waals surface area contributed by atoms with Gasteiger partial charge in [-0.25, -0.2) is 0 Å². The topological polar surface area (TPSA) is 80.5 Å². The Morgan fingerprint density at radius 3 is 2.43 bits per heavy atom. The van der Waals surface area contributed by atoms with Crippen LogP contribution in [0.15, 0.2) is 0 Å². The number of nitrogens with two attached hydrogens (primary N) is 1. The van der Waals surface area contributed by atoms with Crippen molar-refractivity contribution in [2.24, 2.45) is 0 Å². The summed E-state index contributed by atoms with van der Waals surface area (Å²) in [4.78, 5) is 0. The molecule has 0 aliphatic rings. The van der Waals surface area contributed by atoms with Gasteiger partial charge in [0, 0.05) is 0 Å². The summed E-state index contributed by atoms with van der Waals surface area (Å²) in [6, 6.07) is 0. The van der Waals surface area contributed by atoms with Gasteiger partial charge >= 0.3 is 17.4 Å². The molecule has 3 N–H and O–H groups in total. The fourth-order valence-electron chi connectivity index (χ4n) is 0.170. The SMILES string of the molecule is Nc1nn[nH]n1.[Cr+2]. The van der Waals surface area contributed by atoms with Crippen LogP contribution in [0.4, 0.5) is 5.95 Å². The molecular weight excluding hydrogens is 134 g/mol. The molecule has 5 nitrogen and oxygen atoms in total. The molecule has 7 heavy (non-hydrogen) atoms. The molecule has 0 atom stereocenters. The maximum absolute atomic E-state index is 4.96. The molecule has 0 saturated carbocycles. The van der Waals surface area contributed by atoms with Crippen LogP contribution in [0, 0.1) is 0 Å². The number of anilines is 1. The van der Waals surface area contributed by atoms with Crippen LogP contribution in [0.1, 0.15) is 0 Å². The van der Waals surface area contributed by atoms with Crippen molar-refractivity contribution < 1.29 is 17.4 Å². The second-order valence-corrected chi connectivity index (χ2v) is 0.770. The van der Waals surface area contributed by atoms with Crippen molar-refractivity contribution in [2.45, 2.75) is 0 Å². The van der Waals surface area contributed by atoms with Crippen LogP contribution in [0.3, 0.4) is 0 Å². The Morgan fingerprint density at radius 2 is 2.29 bits per heavy atom. The minimum atomic E-state index is 0. The van der Waals surface area contributed by atoms with E-state index in [1.165, 1.54) is 0 Å². The fourth-order valence-corrected chi connectivity index (χ4v) is 0.170. The minimum absolute atomic E-state index is 0. The van der Waals surface area contributed by atoms with E-state index in [1.54, 1.807) is 0 Å². The largest absolute Gasteiger partial charge is 2.00 e. The zero-order valence-electron chi connectivity index (χ0n) is 3.33. The minimum Gasteiger partial charge on any atom is -0.365 e. The molecule has 1 aromatic rings. The number of nitrogen functional groups attached to an aromatic ring is 1. The van der Waals surface area contributed by atoms with Crippen LogP contribution in [0.2, 0.25) is 0 Å². The van der Waals surface area contributed by atoms with Crippen molar-refractivity contribution in [3.63, 3.8) is 0 Å². The van der Waals surface area contributed by atoms with Crippen LogP contribution in [0.5, 0.6) is 0 Å². The maximum Gasteiger partial charge on any atom is 2.00 e. The van der Waals surface area contributed by atoms with Crippen molar-refractivity contribution in [1.82, 2.24) is 20.6 Å². The molecule has 6 heteroatoms. The molecule has 0 bridgehead atoms. The van der Waals surface area contributed by atoms with Gasteiger partial charge in [-0.1, -0.05) is 5.10 Å². The number of H-pyrrole nitrogens is 1. The Bertz CT molecular complexity index is 112. The number of aromatic amines is 1. The van der Waals surface area contributed by atoms with Gasteiger partial charge in [0.25, 0.3) is 5.95 Å². The first-order valence-corrected chi connectivity index (χ1v) is 1.38. The Labute approximate surface area is 50.4 Å². The van der Waals surface area contributed by atoms with Crippen molar-refractivity contribution >= 4 is 5.95 Å². The normalized spacial score (nSPS) is 7.43. The second kappa shape index (κ2) is 2.55. The Morgan fingerprint density at radius 1 is 1.57 bits per heavy atom. The molecule has 0 spiro atoms. The van der Waals surface area contributed by atoms with Crippen LogP contribution in [-0.2, 0) is 17.4 Å². The third kappa shape index (κ3) is 1.53. The summed E-state index contributed by atoms with van der Waals surface area (Å²) < 4.78 is 0. The summed E-state index contributed by atoms with van der Waals surface area (Å²) in [6.45, 7) is 0. The zero-order valence-corrected chi connectivity index (χ0v) is 4.60. The summed E-state index contributed by atoms with van der Waals surface area (Å²) in [5.41, 5.74) is 4.96. The van der Waals surface area contributed by atoms with Crippen molar-refractivity contribution in [1.29, 1.82) is 0 Å². The summed E-state index contributed by atoms with van der Waals surface area (Å²) in [7, 11) is 0. The van der Waals surface area contributed by atoms with Crippen molar-refractivity contribution in [2.75, 3.05) is 5.73 Å². The van der Waals surface area contributed by atoms with Crippen LogP contribution >= 0.6 is 0 Å². The third-order valence-corrected chi connectivity index (χ3v) is 0.362. The van der Waals surface area contributed by atoms with Crippen LogP contribution in [-0.4, -0.2) is 20.6 Å². The molecule has 0 aromatic carbocycles. The average Bonchev–Trinajstić information content (AvgIpc) is 1.86. The molecule has 0 saturated heterocycles. The Kier molecular flexibility index (Phi) is 2.34. The molecular formula is CH3CrN5+2. The Hall–Kier alpha value is -0.598. The number of aromatic nitrogens is 4. The molecule has 0 amide bonds. The number of nitrogens with one attached hydrogen (secondary N) is 1. The zero-order chi connectivity index (χ0) is 4.41. The number of hydrogen-bond acceptors (Lipinski definition) is 4. The first-order chi connectivity index (χ1) is 2.89. The first kappa shape index (κ1) is 6.40. The summed E-state index contributed by atoms with van der Waals surface area (Å²) >= 11 is 0. The third-order valence-electron chi connectivity index (χ3n) is 0.362. The van der Waals surface area contributed by atoms with E-state index in [9.17, 15) is 0 Å². The number of tetrazole rings is 1. The van der Waals surface area contributed by atoms with E-state index in [0.717, 1.165) is 0 Å². The van der Waals surface area contributed by atoms with Gasteiger partial charge in [-0.15, -0.1) is 5.10 Å². The number of rotatable bonds is 0. The molecule has 0 unspecified atom stereocenters.